The van der Waals surface area contributed by atoms with Crippen LogP contribution in [0.5, 0.6) is 0 Å². The molecule has 0 saturated heterocycles. The highest BCUT2D eigenvalue weighted by Gasteiger charge is 2.52. The van der Waals surface area contributed by atoms with E-state index in [1.807, 2.05) is 68.0 Å². The molecule has 5 nitrogen and oxygen atoms in total. The highest BCUT2D eigenvalue weighted by Crippen LogP contribution is 2.64. The predicted molar refractivity (Wildman–Crippen MR) is 643 cm³/mol. The van der Waals surface area contributed by atoms with E-state index in [4.69, 9.17) is 0 Å². The monoisotopic (exact) mass is 1990 g/mol. The third kappa shape index (κ3) is 12.2. The molecule has 0 saturated carbocycles. The SMILES string of the molecule is c1ccc(N(c2ccc(-n3c4ccc5sc6ccccc6c5c4c4c5c(ccc43)sc3ccccc35)cc2)c2cccc3ccccc23)cc1.c1ccc(N(c2ccccc2)c2ccc(-n3c4ccc5sc6ccccc6c5c4c4c5c(ccc43)sc3ccccc35)cc2)cc1.c1ccc2c(c1)-c1ccccc1C21c2ccccc2-c2cc(-n3c4ccc5sc6ccccc6c5c4c4c5c(ccc43)sc3ccccc35)ccc21. The summed E-state index contributed by atoms with van der Waals surface area (Å²) in [5.74, 6) is 0. The van der Waals surface area contributed by atoms with E-state index in [1.165, 1.54) is 247 Å². The van der Waals surface area contributed by atoms with Gasteiger partial charge in [-0.25, -0.2) is 0 Å². The highest BCUT2D eigenvalue weighted by molar-refractivity contribution is 7.28. The Morgan fingerprint density at radius 2 is 0.399 bits per heavy atom. The maximum absolute atomic E-state index is 2.55. The summed E-state index contributed by atoms with van der Waals surface area (Å²) in [6.45, 7) is 0. The minimum atomic E-state index is -0.345. The second-order valence-corrected chi connectivity index (χ2v) is 45.4. The second kappa shape index (κ2) is 32.8. The fourth-order valence-electron chi connectivity index (χ4n) is 25.4. The van der Waals surface area contributed by atoms with Gasteiger partial charge in [-0.1, -0.05) is 279 Å². The van der Waals surface area contributed by atoms with Crippen molar-refractivity contribution in [1.29, 1.82) is 0 Å². The van der Waals surface area contributed by atoms with Crippen molar-refractivity contribution >= 4 is 299 Å². The first-order valence-corrected chi connectivity index (χ1v) is 55.3. The van der Waals surface area contributed by atoms with Crippen LogP contribution in [0, 0.1) is 0 Å². The quantitative estimate of drug-likeness (QED) is 0.144. The van der Waals surface area contributed by atoms with E-state index in [9.17, 15) is 0 Å². The van der Waals surface area contributed by atoms with Gasteiger partial charge in [-0.2, -0.15) is 0 Å². The summed E-state index contributed by atoms with van der Waals surface area (Å²) < 4.78 is 23.5. The van der Waals surface area contributed by atoms with E-state index in [1.54, 1.807) is 0 Å². The number of fused-ring (bicyclic) bond motifs is 44. The van der Waals surface area contributed by atoms with E-state index < -0.39 is 0 Å². The summed E-state index contributed by atoms with van der Waals surface area (Å²) in [6.07, 6.45) is 0. The second-order valence-electron chi connectivity index (χ2n) is 38.9. The van der Waals surface area contributed by atoms with Crippen LogP contribution in [0.4, 0.5) is 34.1 Å². The molecule has 0 amide bonds. The Labute approximate surface area is 873 Å². The van der Waals surface area contributed by atoms with E-state index in [0.29, 0.717) is 0 Å². The van der Waals surface area contributed by atoms with Crippen LogP contribution in [-0.2, 0) is 5.41 Å². The molecule has 0 aliphatic heterocycles. The van der Waals surface area contributed by atoms with Gasteiger partial charge in [0.05, 0.1) is 44.2 Å². The minimum Gasteiger partial charge on any atom is -0.311 e. The first-order chi connectivity index (χ1) is 73.4. The Kier molecular flexibility index (Phi) is 18.6. The smallest absolute Gasteiger partial charge is 0.0725 e. The largest absolute Gasteiger partial charge is 0.311 e. The van der Waals surface area contributed by atoms with E-state index in [2.05, 4.69) is 515 Å². The molecule has 0 atom stereocenters. The molecular formula is C137H81N5S6. The van der Waals surface area contributed by atoms with Crippen LogP contribution in [0.2, 0.25) is 0 Å². The van der Waals surface area contributed by atoms with Crippen molar-refractivity contribution in [2.24, 2.45) is 0 Å². The van der Waals surface area contributed by atoms with Crippen LogP contribution in [-0.4, -0.2) is 13.7 Å². The number of nitrogens with zero attached hydrogens (tertiary/aromatic N) is 5. The van der Waals surface area contributed by atoms with Gasteiger partial charge in [0.1, 0.15) is 0 Å². The summed E-state index contributed by atoms with van der Waals surface area (Å²) in [6, 6.07) is 181. The number of benzene rings is 23. The van der Waals surface area contributed by atoms with Crippen molar-refractivity contribution in [2.45, 2.75) is 5.41 Å². The zero-order chi connectivity index (χ0) is 96.7. The zero-order valence-electron chi connectivity index (χ0n) is 79.5. The molecular weight excluding hydrogens is 1910 g/mol. The summed E-state index contributed by atoms with van der Waals surface area (Å²) >= 11 is 11.4. The van der Waals surface area contributed by atoms with E-state index in [-0.39, 0.29) is 5.41 Å². The van der Waals surface area contributed by atoms with Gasteiger partial charge >= 0.3 is 0 Å². The fourth-order valence-corrected chi connectivity index (χ4v) is 32.1. The molecule has 0 radical (unpaired) electrons. The van der Waals surface area contributed by atoms with Gasteiger partial charge in [0.15, 0.2) is 0 Å². The van der Waals surface area contributed by atoms with E-state index in [0.717, 1.165) is 45.5 Å². The summed E-state index contributed by atoms with van der Waals surface area (Å²) in [5.41, 5.74) is 28.3. The lowest BCUT2D eigenvalue weighted by molar-refractivity contribution is 0.793. The minimum absolute atomic E-state index is 0.345. The molecule has 23 aromatic carbocycles. The Balaban J connectivity index is 0.0000000986. The molecule has 2 aliphatic carbocycles. The molecule has 0 fully saturated rings. The summed E-state index contributed by atoms with van der Waals surface area (Å²) in [4.78, 5) is 4.69. The highest BCUT2D eigenvalue weighted by atomic mass is 32.1. The fraction of sp³-hybridized carbons (Fsp3) is 0.00730. The lowest BCUT2D eigenvalue weighted by Gasteiger charge is -2.30. The third-order valence-corrected chi connectivity index (χ3v) is 38.2. The van der Waals surface area contributed by atoms with Crippen molar-refractivity contribution in [3.05, 3.63) is 514 Å². The Bertz CT molecular complexity index is 10700. The van der Waals surface area contributed by atoms with Gasteiger partial charge in [0.25, 0.3) is 0 Å². The van der Waals surface area contributed by atoms with Gasteiger partial charge in [0, 0.05) is 204 Å². The average molecular weight is 1990 g/mol. The van der Waals surface area contributed by atoms with Crippen molar-refractivity contribution < 1.29 is 0 Å². The predicted octanol–water partition coefficient (Wildman–Crippen LogP) is 41.0. The number of rotatable bonds is 9. The first-order valence-electron chi connectivity index (χ1n) is 50.4. The Hall–Kier alpha value is -17.4. The molecule has 9 aromatic heterocycles. The zero-order valence-corrected chi connectivity index (χ0v) is 84.3. The van der Waals surface area contributed by atoms with Crippen LogP contribution in [0.25, 0.3) is 237 Å². The maximum Gasteiger partial charge on any atom is 0.0725 e. The van der Waals surface area contributed by atoms with Crippen LogP contribution in [0.15, 0.2) is 491 Å². The lowest BCUT2D eigenvalue weighted by atomic mass is 9.70. The molecule has 1 spiro atoms. The molecule has 9 heterocycles. The van der Waals surface area contributed by atoms with Gasteiger partial charge in [-0.3, -0.25) is 0 Å². The number of hydrogen-bond donors (Lipinski definition) is 0. The van der Waals surface area contributed by atoms with Gasteiger partial charge in [-0.15, -0.1) is 68.0 Å². The van der Waals surface area contributed by atoms with Crippen LogP contribution >= 0.6 is 68.0 Å². The number of anilines is 6. The van der Waals surface area contributed by atoms with Crippen molar-refractivity contribution in [1.82, 2.24) is 13.7 Å². The summed E-state index contributed by atoms with van der Waals surface area (Å²) in [5, 5.41) is 26.7. The molecule has 0 N–H and O–H groups in total. The number of para-hydroxylation sites is 3. The first kappa shape index (κ1) is 84.0. The maximum atomic E-state index is 2.55. The van der Waals surface area contributed by atoms with Crippen LogP contribution in [0.1, 0.15) is 22.3 Å². The Morgan fingerprint density at radius 3 is 0.736 bits per heavy atom. The van der Waals surface area contributed by atoms with Crippen LogP contribution < -0.4 is 9.80 Å². The molecule has 32 aromatic rings. The topological polar surface area (TPSA) is 21.3 Å². The average Bonchev–Trinajstić information content (AvgIpc) is 1.50. The van der Waals surface area contributed by atoms with Crippen LogP contribution in [0.3, 0.4) is 0 Å². The molecule has 0 unspecified atom stereocenters. The molecule has 2 aliphatic rings. The number of thiophene rings is 6. The molecule has 148 heavy (non-hydrogen) atoms. The summed E-state index contributed by atoms with van der Waals surface area (Å²) in [7, 11) is 0. The third-order valence-electron chi connectivity index (χ3n) is 31.3. The van der Waals surface area contributed by atoms with Gasteiger partial charge < -0.3 is 23.5 Å². The Morgan fingerprint density at radius 1 is 0.155 bits per heavy atom. The lowest BCUT2D eigenvalue weighted by Crippen LogP contribution is -2.25. The molecule has 0 bridgehead atoms. The van der Waals surface area contributed by atoms with E-state index >= 15 is 0 Å². The number of hydrogen-bond acceptors (Lipinski definition) is 8. The van der Waals surface area contributed by atoms with Crippen molar-refractivity contribution in [3.63, 3.8) is 0 Å². The number of aromatic nitrogens is 3. The molecule has 11 heteroatoms. The van der Waals surface area contributed by atoms with Gasteiger partial charge in [0.2, 0.25) is 0 Å². The van der Waals surface area contributed by atoms with Crippen molar-refractivity contribution in [3.8, 4) is 39.3 Å². The normalized spacial score (nSPS) is 12.6. The molecule has 34 rings (SSSR count). The van der Waals surface area contributed by atoms with Crippen molar-refractivity contribution in [2.75, 3.05) is 9.80 Å². The van der Waals surface area contributed by atoms with Gasteiger partial charge in [-0.05, 0) is 262 Å². The standard InChI is InChI=1S/C49H27NS2.C46H28N2S2.C42H26N2S2/c1-6-16-35-29(11-1)30-12-2-7-17-36(30)49(35)37-18-8-3-13-31(37)34-27-28(21-22-38(34)49)50-39-23-25-43-45(32-14-4-9-19-41(32)51-43)47(39)48-40(50)24-26-44-46(48)33-15-5-10-20-42(33)52-44;1-2-13-30(14-3-1)47(36-18-10-12-29-11-4-5-15-33(29)36)31-21-23-32(24-22-31)48-37-25-27-41-43(34-16-6-8-19-39(34)49-41)45(37)46-38(48)26-28-42-44(46)35-17-7-9-20-40(35)50-42;1-3-11-27(12-4-1)43(28-13-5-2-6-14-28)29-19-21-30(22-20-29)44-33-23-25-37-39(31-15-7-9-17-35(31)45-37)41(33)42-34(44)24-26-38-40(42)32-16-8-10-18-36(32)46-38/h1-27H;1-28H;1-26H. The molecule has 690 valence electrons.